The van der Waals surface area contributed by atoms with E-state index in [1.807, 2.05) is 48.1 Å². The predicted octanol–water partition coefficient (Wildman–Crippen LogP) is 2.51. The standard InChI is InChI=1S/C11H24N2O2Si/c1-8(2)10(5)12-14-16(7)15-13-11(6)9(3)4/h12-13,16H,1-7H3. The summed E-state index contributed by atoms with van der Waals surface area (Å²) >= 11 is 0. The Balaban J connectivity index is 3.89. The number of hydroxylamine groups is 2. The first-order valence-corrected chi connectivity index (χ1v) is 7.55. The van der Waals surface area contributed by atoms with Gasteiger partial charge in [-0.2, -0.15) is 0 Å². The van der Waals surface area contributed by atoms with Crippen LogP contribution in [0, 0.1) is 0 Å². The van der Waals surface area contributed by atoms with Crippen LogP contribution in [0.1, 0.15) is 41.5 Å². The van der Waals surface area contributed by atoms with E-state index in [0.717, 1.165) is 11.4 Å². The van der Waals surface area contributed by atoms with Gasteiger partial charge in [-0.1, -0.05) is 11.1 Å². The first-order chi connectivity index (χ1) is 7.34. The molecular formula is C11H24N2O2Si. The van der Waals surface area contributed by atoms with Crippen LogP contribution in [0.3, 0.4) is 0 Å². The van der Waals surface area contributed by atoms with E-state index in [9.17, 15) is 0 Å². The summed E-state index contributed by atoms with van der Waals surface area (Å²) < 4.78 is 10.8. The minimum Gasteiger partial charge on any atom is -0.290 e. The zero-order chi connectivity index (χ0) is 12.7. The molecule has 0 spiro atoms. The minimum atomic E-state index is -1.69. The Morgan fingerprint density at radius 1 is 0.750 bits per heavy atom. The maximum Gasteiger partial charge on any atom is 0.373 e. The van der Waals surface area contributed by atoms with Crippen molar-refractivity contribution in [3.05, 3.63) is 22.5 Å². The van der Waals surface area contributed by atoms with Crippen LogP contribution >= 0.6 is 0 Å². The number of rotatable bonds is 6. The summed E-state index contributed by atoms with van der Waals surface area (Å²) in [5, 5.41) is 0. The fourth-order valence-corrected chi connectivity index (χ4v) is 1.30. The molecule has 0 aliphatic rings. The van der Waals surface area contributed by atoms with Gasteiger partial charge in [0.15, 0.2) is 0 Å². The van der Waals surface area contributed by atoms with Gasteiger partial charge in [-0.05, 0) is 48.1 Å². The van der Waals surface area contributed by atoms with Crippen LogP contribution in [0.25, 0.3) is 0 Å². The lowest BCUT2D eigenvalue weighted by Crippen LogP contribution is -2.32. The van der Waals surface area contributed by atoms with Gasteiger partial charge in [0.2, 0.25) is 0 Å². The molecule has 0 unspecified atom stereocenters. The Morgan fingerprint density at radius 3 is 1.31 bits per heavy atom. The molecule has 0 aliphatic carbocycles. The lowest BCUT2D eigenvalue weighted by Gasteiger charge is -2.16. The van der Waals surface area contributed by atoms with Gasteiger partial charge in [0, 0.05) is 11.4 Å². The SMILES string of the molecule is CC(C)=C(C)NO[SiH](C)ONC(C)=C(C)C. The van der Waals surface area contributed by atoms with Gasteiger partial charge in [0.05, 0.1) is 0 Å². The van der Waals surface area contributed by atoms with Gasteiger partial charge in [0.1, 0.15) is 0 Å². The number of hydrogen-bond acceptors (Lipinski definition) is 4. The van der Waals surface area contributed by atoms with Crippen molar-refractivity contribution < 1.29 is 9.05 Å². The molecule has 0 aromatic carbocycles. The van der Waals surface area contributed by atoms with Gasteiger partial charge in [-0.25, -0.2) is 0 Å². The van der Waals surface area contributed by atoms with E-state index in [-0.39, 0.29) is 0 Å². The van der Waals surface area contributed by atoms with E-state index < -0.39 is 9.28 Å². The third kappa shape index (κ3) is 6.65. The lowest BCUT2D eigenvalue weighted by molar-refractivity contribution is 0.116. The van der Waals surface area contributed by atoms with Gasteiger partial charge in [-0.15, -0.1) is 0 Å². The fraction of sp³-hybridized carbons (Fsp3) is 0.636. The highest BCUT2D eigenvalue weighted by atomic mass is 28.3. The van der Waals surface area contributed by atoms with Crippen LogP contribution in [0.4, 0.5) is 0 Å². The Bertz CT molecular complexity index is 252. The molecule has 94 valence electrons. The van der Waals surface area contributed by atoms with E-state index in [2.05, 4.69) is 11.0 Å². The van der Waals surface area contributed by atoms with E-state index in [1.54, 1.807) is 0 Å². The quantitative estimate of drug-likeness (QED) is 0.556. The number of nitrogens with one attached hydrogen (secondary N) is 2. The lowest BCUT2D eigenvalue weighted by atomic mass is 10.3. The van der Waals surface area contributed by atoms with Gasteiger partial charge >= 0.3 is 9.28 Å². The fourth-order valence-electron chi connectivity index (χ4n) is 0.571. The van der Waals surface area contributed by atoms with Crippen molar-refractivity contribution in [1.29, 1.82) is 0 Å². The molecule has 0 saturated carbocycles. The molecule has 0 aromatic heterocycles. The molecule has 0 rings (SSSR count). The molecule has 4 nitrogen and oxygen atoms in total. The zero-order valence-electron chi connectivity index (χ0n) is 11.4. The van der Waals surface area contributed by atoms with Crippen molar-refractivity contribution in [3.8, 4) is 0 Å². The van der Waals surface area contributed by atoms with Crippen molar-refractivity contribution in [1.82, 2.24) is 11.0 Å². The van der Waals surface area contributed by atoms with Gasteiger partial charge in [-0.3, -0.25) is 20.0 Å². The third-order valence-electron chi connectivity index (χ3n) is 2.26. The summed E-state index contributed by atoms with van der Waals surface area (Å²) in [6.07, 6.45) is 0. The molecule has 0 aromatic rings. The summed E-state index contributed by atoms with van der Waals surface area (Å²) in [6, 6.07) is 0. The van der Waals surface area contributed by atoms with Crippen molar-refractivity contribution in [2.24, 2.45) is 0 Å². The molecule has 0 bridgehead atoms. The number of allylic oxidation sites excluding steroid dienone is 4. The third-order valence-corrected chi connectivity index (χ3v) is 3.16. The summed E-state index contributed by atoms with van der Waals surface area (Å²) in [5.41, 5.74) is 10.3. The summed E-state index contributed by atoms with van der Waals surface area (Å²) in [7, 11) is -1.69. The summed E-state index contributed by atoms with van der Waals surface area (Å²) in [6.45, 7) is 14.0. The average molecular weight is 244 g/mol. The van der Waals surface area contributed by atoms with Crippen LogP contribution in [0.2, 0.25) is 6.55 Å². The zero-order valence-corrected chi connectivity index (χ0v) is 12.5. The monoisotopic (exact) mass is 244 g/mol. The molecular weight excluding hydrogens is 220 g/mol. The van der Waals surface area contributed by atoms with Crippen LogP contribution in [0.15, 0.2) is 22.5 Å². The Morgan fingerprint density at radius 2 is 1.06 bits per heavy atom. The van der Waals surface area contributed by atoms with E-state index in [4.69, 9.17) is 9.05 Å². The summed E-state index contributed by atoms with van der Waals surface area (Å²) in [5.74, 6) is 0. The maximum absolute atomic E-state index is 5.42. The van der Waals surface area contributed by atoms with E-state index in [1.165, 1.54) is 11.1 Å². The molecule has 0 radical (unpaired) electrons. The molecule has 0 fully saturated rings. The highest BCUT2D eigenvalue weighted by molar-refractivity contribution is 6.42. The molecule has 0 amide bonds. The van der Waals surface area contributed by atoms with E-state index >= 15 is 0 Å². The normalized spacial score (nSPS) is 10.0. The Labute approximate surface area is 100 Å². The van der Waals surface area contributed by atoms with Gasteiger partial charge < -0.3 is 0 Å². The van der Waals surface area contributed by atoms with Gasteiger partial charge in [0.25, 0.3) is 0 Å². The second kappa shape index (κ2) is 7.48. The van der Waals surface area contributed by atoms with Crippen LogP contribution < -0.4 is 11.0 Å². The van der Waals surface area contributed by atoms with Crippen molar-refractivity contribution in [2.75, 3.05) is 0 Å². The molecule has 0 atom stereocenters. The Kier molecular flexibility index (Phi) is 7.12. The van der Waals surface area contributed by atoms with Crippen LogP contribution in [-0.2, 0) is 9.05 Å². The maximum atomic E-state index is 5.42. The molecule has 2 N–H and O–H groups in total. The first kappa shape index (κ1) is 15.2. The summed E-state index contributed by atoms with van der Waals surface area (Å²) in [4.78, 5) is 0. The largest absolute Gasteiger partial charge is 0.373 e. The molecule has 0 saturated heterocycles. The van der Waals surface area contributed by atoms with Crippen LogP contribution in [0.5, 0.6) is 0 Å². The van der Waals surface area contributed by atoms with Crippen molar-refractivity contribution in [2.45, 2.75) is 48.1 Å². The molecule has 0 heterocycles. The van der Waals surface area contributed by atoms with E-state index in [0.29, 0.717) is 0 Å². The Hall–Kier alpha value is -0.783. The van der Waals surface area contributed by atoms with Crippen molar-refractivity contribution >= 4 is 9.28 Å². The second-order valence-corrected chi connectivity index (χ2v) is 5.86. The highest BCUT2D eigenvalue weighted by Gasteiger charge is 2.07. The van der Waals surface area contributed by atoms with Crippen molar-refractivity contribution in [3.63, 3.8) is 0 Å². The molecule has 0 aliphatic heterocycles. The molecule has 5 heteroatoms. The topological polar surface area (TPSA) is 42.5 Å². The number of hydrogen-bond donors (Lipinski definition) is 2. The molecule has 16 heavy (non-hydrogen) atoms. The first-order valence-electron chi connectivity index (χ1n) is 5.46. The minimum absolute atomic E-state index is 1.03. The smallest absolute Gasteiger partial charge is 0.290 e. The highest BCUT2D eigenvalue weighted by Crippen LogP contribution is 2.00. The second-order valence-electron chi connectivity index (χ2n) is 4.26. The predicted molar refractivity (Wildman–Crippen MR) is 69.6 cm³/mol. The van der Waals surface area contributed by atoms with Crippen LogP contribution in [-0.4, -0.2) is 9.28 Å². The average Bonchev–Trinajstić information content (AvgIpc) is 2.21.